The molecule has 0 saturated carbocycles. The fraction of sp³-hybridized carbons (Fsp3) is 0.167. The normalized spacial score (nSPS) is 10.8. The molecule has 0 aliphatic heterocycles. The van der Waals surface area contributed by atoms with Crippen LogP contribution < -0.4 is 0 Å². The molecule has 3 nitrogen and oxygen atoms in total. The van der Waals surface area contributed by atoms with Crippen LogP contribution in [0.25, 0.3) is 12.2 Å². The van der Waals surface area contributed by atoms with Crippen molar-refractivity contribution in [1.82, 2.24) is 0 Å². The van der Waals surface area contributed by atoms with Gasteiger partial charge in [-0.15, -0.1) is 0 Å². The second-order valence-corrected chi connectivity index (χ2v) is 4.86. The summed E-state index contributed by atoms with van der Waals surface area (Å²) >= 11 is 0. The van der Waals surface area contributed by atoms with E-state index in [4.69, 9.17) is 4.74 Å². The van der Waals surface area contributed by atoms with E-state index in [0.717, 1.165) is 16.7 Å². The standard InChI is InChI=1S/C18H18O3/c1-12-11-16(19)17(18(20)21-3)13(2)15(12)10-9-14-7-5-4-6-8-14/h4-11,19H,1-3H3/b10-9+. The van der Waals surface area contributed by atoms with Gasteiger partial charge in [0.2, 0.25) is 0 Å². The van der Waals surface area contributed by atoms with Gasteiger partial charge in [0.1, 0.15) is 11.3 Å². The molecule has 2 aromatic carbocycles. The number of rotatable bonds is 3. The van der Waals surface area contributed by atoms with Gasteiger partial charge in [-0.1, -0.05) is 42.5 Å². The first kappa shape index (κ1) is 14.9. The Morgan fingerprint density at radius 3 is 2.43 bits per heavy atom. The monoisotopic (exact) mass is 282 g/mol. The van der Waals surface area contributed by atoms with E-state index >= 15 is 0 Å². The van der Waals surface area contributed by atoms with Gasteiger partial charge < -0.3 is 9.84 Å². The molecule has 0 fully saturated rings. The van der Waals surface area contributed by atoms with E-state index in [1.807, 2.05) is 56.3 Å². The summed E-state index contributed by atoms with van der Waals surface area (Å²) in [6, 6.07) is 11.5. The highest BCUT2D eigenvalue weighted by molar-refractivity contribution is 5.96. The average molecular weight is 282 g/mol. The summed E-state index contributed by atoms with van der Waals surface area (Å²) in [6.07, 6.45) is 3.93. The number of esters is 1. The van der Waals surface area contributed by atoms with Crippen molar-refractivity contribution in [2.24, 2.45) is 0 Å². The lowest BCUT2D eigenvalue weighted by Crippen LogP contribution is -2.06. The molecule has 0 aliphatic carbocycles. The molecule has 0 spiro atoms. The Morgan fingerprint density at radius 1 is 1.14 bits per heavy atom. The zero-order valence-electron chi connectivity index (χ0n) is 12.4. The molecule has 1 N–H and O–H groups in total. The van der Waals surface area contributed by atoms with Gasteiger partial charge in [0.15, 0.2) is 0 Å². The fourth-order valence-electron chi connectivity index (χ4n) is 2.34. The highest BCUT2D eigenvalue weighted by atomic mass is 16.5. The van der Waals surface area contributed by atoms with E-state index in [9.17, 15) is 9.90 Å². The second kappa shape index (κ2) is 6.27. The number of phenolic OH excluding ortho intramolecular Hbond substituents is 1. The van der Waals surface area contributed by atoms with Crippen LogP contribution in [0, 0.1) is 13.8 Å². The van der Waals surface area contributed by atoms with Crippen LogP contribution in [0.15, 0.2) is 36.4 Å². The average Bonchev–Trinajstić information content (AvgIpc) is 2.47. The number of carbonyl (C=O) groups is 1. The van der Waals surface area contributed by atoms with Crippen LogP contribution in [0.2, 0.25) is 0 Å². The second-order valence-electron chi connectivity index (χ2n) is 4.86. The minimum absolute atomic E-state index is 0.0475. The third kappa shape index (κ3) is 3.14. The molecule has 108 valence electrons. The van der Waals surface area contributed by atoms with Gasteiger partial charge in [-0.25, -0.2) is 4.79 Å². The summed E-state index contributed by atoms with van der Waals surface area (Å²) < 4.78 is 4.73. The minimum Gasteiger partial charge on any atom is -0.507 e. The third-order valence-corrected chi connectivity index (χ3v) is 3.44. The Labute approximate surface area is 124 Å². The van der Waals surface area contributed by atoms with Crippen LogP contribution >= 0.6 is 0 Å². The van der Waals surface area contributed by atoms with E-state index in [1.165, 1.54) is 7.11 Å². The molecule has 2 aromatic rings. The van der Waals surface area contributed by atoms with Crippen molar-refractivity contribution < 1.29 is 14.6 Å². The molecule has 2 rings (SSSR count). The first-order valence-electron chi connectivity index (χ1n) is 6.69. The Morgan fingerprint density at radius 2 is 1.81 bits per heavy atom. The number of aryl methyl sites for hydroxylation is 1. The quantitative estimate of drug-likeness (QED) is 0.684. The van der Waals surface area contributed by atoms with Gasteiger partial charge in [-0.3, -0.25) is 0 Å². The summed E-state index contributed by atoms with van der Waals surface area (Å²) in [5.41, 5.74) is 3.83. The maximum absolute atomic E-state index is 11.8. The molecule has 21 heavy (non-hydrogen) atoms. The topological polar surface area (TPSA) is 46.5 Å². The zero-order chi connectivity index (χ0) is 15.4. The summed E-state index contributed by atoms with van der Waals surface area (Å²) in [7, 11) is 1.31. The van der Waals surface area contributed by atoms with Crippen molar-refractivity contribution in [2.75, 3.05) is 7.11 Å². The Bertz CT molecular complexity index is 685. The lowest BCUT2D eigenvalue weighted by atomic mass is 9.95. The van der Waals surface area contributed by atoms with E-state index in [1.54, 1.807) is 6.07 Å². The molecule has 0 aromatic heterocycles. The molecule has 0 atom stereocenters. The Kier molecular flexibility index (Phi) is 4.43. The van der Waals surface area contributed by atoms with E-state index < -0.39 is 5.97 Å². The van der Waals surface area contributed by atoms with Crippen molar-refractivity contribution in [3.05, 3.63) is 64.2 Å². The molecule has 0 unspecified atom stereocenters. The fourth-order valence-corrected chi connectivity index (χ4v) is 2.34. The van der Waals surface area contributed by atoms with Gasteiger partial charge in [-0.2, -0.15) is 0 Å². The van der Waals surface area contributed by atoms with Crippen LogP contribution in [0.4, 0.5) is 0 Å². The summed E-state index contributed by atoms with van der Waals surface area (Å²) in [5.74, 6) is -0.576. The number of benzene rings is 2. The predicted octanol–water partition coefficient (Wildman–Crippen LogP) is 3.97. The smallest absolute Gasteiger partial charge is 0.341 e. The number of methoxy groups -OCH3 is 1. The zero-order valence-corrected chi connectivity index (χ0v) is 12.4. The molecule has 0 bridgehead atoms. The Hall–Kier alpha value is -2.55. The van der Waals surface area contributed by atoms with E-state index in [2.05, 4.69) is 0 Å². The van der Waals surface area contributed by atoms with Gasteiger partial charge in [0.25, 0.3) is 0 Å². The maximum atomic E-state index is 11.8. The van der Waals surface area contributed by atoms with Gasteiger partial charge >= 0.3 is 5.97 Å². The van der Waals surface area contributed by atoms with Crippen molar-refractivity contribution in [3.8, 4) is 5.75 Å². The molecule has 3 heteroatoms. The van der Waals surface area contributed by atoms with Gasteiger partial charge in [0.05, 0.1) is 7.11 Å². The van der Waals surface area contributed by atoms with Gasteiger partial charge in [0, 0.05) is 0 Å². The molecular formula is C18H18O3. The number of phenols is 1. The molecule has 0 heterocycles. The van der Waals surface area contributed by atoms with Crippen LogP contribution in [0.1, 0.15) is 32.6 Å². The van der Waals surface area contributed by atoms with Crippen molar-refractivity contribution >= 4 is 18.1 Å². The lowest BCUT2D eigenvalue weighted by molar-refractivity contribution is 0.0596. The van der Waals surface area contributed by atoms with Crippen molar-refractivity contribution in [2.45, 2.75) is 13.8 Å². The maximum Gasteiger partial charge on any atom is 0.341 e. The minimum atomic E-state index is -0.528. The predicted molar refractivity (Wildman–Crippen MR) is 84.3 cm³/mol. The molecular weight excluding hydrogens is 264 g/mol. The first-order chi connectivity index (χ1) is 10.0. The molecule has 0 radical (unpaired) electrons. The highest BCUT2D eigenvalue weighted by Crippen LogP contribution is 2.29. The summed E-state index contributed by atoms with van der Waals surface area (Å²) in [5, 5.41) is 9.96. The first-order valence-corrected chi connectivity index (χ1v) is 6.69. The van der Waals surface area contributed by atoms with E-state index in [0.29, 0.717) is 5.56 Å². The number of carbonyl (C=O) groups excluding carboxylic acids is 1. The largest absolute Gasteiger partial charge is 0.507 e. The van der Waals surface area contributed by atoms with Crippen molar-refractivity contribution in [3.63, 3.8) is 0 Å². The number of hydrogen-bond donors (Lipinski definition) is 1. The molecule has 0 aliphatic rings. The Balaban J connectivity index is 2.49. The van der Waals surface area contributed by atoms with Crippen LogP contribution in [-0.4, -0.2) is 18.2 Å². The van der Waals surface area contributed by atoms with Crippen LogP contribution in [0.3, 0.4) is 0 Å². The number of aromatic hydroxyl groups is 1. The van der Waals surface area contributed by atoms with Crippen LogP contribution in [0.5, 0.6) is 5.75 Å². The third-order valence-electron chi connectivity index (χ3n) is 3.44. The summed E-state index contributed by atoms with van der Waals surface area (Å²) in [6.45, 7) is 3.71. The van der Waals surface area contributed by atoms with Gasteiger partial charge in [-0.05, 0) is 42.2 Å². The van der Waals surface area contributed by atoms with Crippen molar-refractivity contribution in [1.29, 1.82) is 0 Å². The summed E-state index contributed by atoms with van der Waals surface area (Å²) in [4.78, 5) is 11.8. The SMILES string of the molecule is COC(=O)c1c(O)cc(C)c(/C=C/c2ccccc2)c1C. The highest BCUT2D eigenvalue weighted by Gasteiger charge is 2.18. The lowest BCUT2D eigenvalue weighted by Gasteiger charge is -2.12. The number of ether oxygens (including phenoxy) is 1. The molecule has 0 saturated heterocycles. The van der Waals surface area contributed by atoms with E-state index in [-0.39, 0.29) is 11.3 Å². The number of hydrogen-bond acceptors (Lipinski definition) is 3. The van der Waals surface area contributed by atoms with Crippen LogP contribution in [-0.2, 0) is 4.74 Å². The molecule has 0 amide bonds.